The minimum absolute atomic E-state index is 0.142. The summed E-state index contributed by atoms with van der Waals surface area (Å²) in [5.41, 5.74) is 0.537. The second-order valence-electron chi connectivity index (χ2n) is 5.25. The first-order valence-electron chi connectivity index (χ1n) is 6.50. The molecule has 2 heterocycles. The Morgan fingerprint density at radius 2 is 2.05 bits per heavy atom. The van der Waals surface area contributed by atoms with Crippen LogP contribution in [0.4, 0.5) is 0 Å². The standard InChI is InChI=1S/C14H19ClN4O/c1-9(2)12(13-16-5-6-18(13)3)17-14(20)11-7-10(15)8-19(11)4/h5-9,12H,1-4H3,(H,17,20)/t12-/m1/s1. The van der Waals surface area contributed by atoms with Crippen LogP contribution in [0, 0.1) is 5.92 Å². The van der Waals surface area contributed by atoms with E-state index in [-0.39, 0.29) is 17.9 Å². The molecule has 0 saturated heterocycles. The van der Waals surface area contributed by atoms with Crippen molar-refractivity contribution in [1.82, 2.24) is 19.4 Å². The van der Waals surface area contributed by atoms with Crippen molar-refractivity contribution in [2.45, 2.75) is 19.9 Å². The van der Waals surface area contributed by atoms with Crippen LogP contribution >= 0.6 is 11.6 Å². The Hall–Kier alpha value is -1.75. The zero-order chi connectivity index (χ0) is 14.9. The highest BCUT2D eigenvalue weighted by Crippen LogP contribution is 2.21. The van der Waals surface area contributed by atoms with Crippen molar-refractivity contribution in [1.29, 1.82) is 0 Å². The Labute approximate surface area is 123 Å². The van der Waals surface area contributed by atoms with Gasteiger partial charge in [0, 0.05) is 32.7 Å². The van der Waals surface area contributed by atoms with E-state index in [2.05, 4.69) is 24.1 Å². The van der Waals surface area contributed by atoms with E-state index in [1.165, 1.54) is 0 Å². The molecule has 0 spiro atoms. The lowest BCUT2D eigenvalue weighted by atomic mass is 10.0. The summed E-state index contributed by atoms with van der Waals surface area (Å²) >= 11 is 5.92. The second kappa shape index (κ2) is 5.71. The predicted octanol–water partition coefficient (Wildman–Crippen LogP) is 2.54. The van der Waals surface area contributed by atoms with Gasteiger partial charge in [-0.3, -0.25) is 4.79 Å². The number of hydrogen-bond acceptors (Lipinski definition) is 2. The highest BCUT2D eigenvalue weighted by atomic mass is 35.5. The summed E-state index contributed by atoms with van der Waals surface area (Å²) in [5, 5.41) is 3.58. The van der Waals surface area contributed by atoms with Gasteiger partial charge in [-0.15, -0.1) is 0 Å². The van der Waals surface area contributed by atoms with E-state index < -0.39 is 0 Å². The molecule has 20 heavy (non-hydrogen) atoms. The predicted molar refractivity (Wildman–Crippen MR) is 78.7 cm³/mol. The monoisotopic (exact) mass is 294 g/mol. The molecule has 0 aromatic carbocycles. The molecule has 0 saturated carbocycles. The number of carbonyl (C=O) groups is 1. The fraction of sp³-hybridized carbons (Fsp3) is 0.429. The topological polar surface area (TPSA) is 51.9 Å². The molecule has 0 aliphatic carbocycles. The number of aromatic nitrogens is 3. The van der Waals surface area contributed by atoms with Gasteiger partial charge in [-0.1, -0.05) is 25.4 Å². The fourth-order valence-electron chi connectivity index (χ4n) is 2.17. The molecule has 1 amide bonds. The lowest BCUT2D eigenvalue weighted by Crippen LogP contribution is -2.34. The third-order valence-electron chi connectivity index (χ3n) is 3.29. The number of hydrogen-bond donors (Lipinski definition) is 1. The third kappa shape index (κ3) is 2.88. The average molecular weight is 295 g/mol. The summed E-state index contributed by atoms with van der Waals surface area (Å²) in [7, 11) is 3.72. The van der Waals surface area contributed by atoms with Crippen LogP contribution in [0.2, 0.25) is 5.02 Å². The lowest BCUT2D eigenvalue weighted by molar-refractivity contribution is 0.0914. The Balaban J connectivity index is 2.23. The van der Waals surface area contributed by atoms with Crippen LogP contribution in [0.3, 0.4) is 0 Å². The first-order chi connectivity index (χ1) is 9.40. The van der Waals surface area contributed by atoms with Gasteiger partial charge < -0.3 is 14.5 Å². The van der Waals surface area contributed by atoms with E-state index >= 15 is 0 Å². The van der Waals surface area contributed by atoms with E-state index in [1.54, 1.807) is 30.1 Å². The number of nitrogens with one attached hydrogen (secondary N) is 1. The van der Waals surface area contributed by atoms with Crippen molar-refractivity contribution in [2.24, 2.45) is 20.0 Å². The zero-order valence-electron chi connectivity index (χ0n) is 12.1. The molecule has 0 bridgehead atoms. The van der Waals surface area contributed by atoms with Crippen molar-refractivity contribution in [3.05, 3.63) is 41.2 Å². The Bertz CT molecular complexity index is 614. The molecule has 0 unspecified atom stereocenters. The van der Waals surface area contributed by atoms with Crippen LogP contribution in [0.1, 0.15) is 36.2 Å². The SMILES string of the molecule is CC(C)[C@@H](NC(=O)c1cc(Cl)cn1C)c1nccn1C. The van der Waals surface area contributed by atoms with Gasteiger partial charge in [-0.05, 0) is 12.0 Å². The maximum Gasteiger partial charge on any atom is 0.268 e. The first kappa shape index (κ1) is 14.7. The fourth-order valence-corrected chi connectivity index (χ4v) is 2.42. The molecule has 0 radical (unpaired) electrons. The number of imidazole rings is 1. The van der Waals surface area contributed by atoms with Gasteiger partial charge in [-0.25, -0.2) is 4.98 Å². The van der Waals surface area contributed by atoms with Gasteiger partial charge in [-0.2, -0.15) is 0 Å². The lowest BCUT2D eigenvalue weighted by Gasteiger charge is -2.22. The number of halogens is 1. The van der Waals surface area contributed by atoms with Crippen LogP contribution in [0.5, 0.6) is 0 Å². The molecule has 0 aliphatic rings. The number of nitrogens with zero attached hydrogens (tertiary/aromatic N) is 3. The summed E-state index contributed by atoms with van der Waals surface area (Å²) < 4.78 is 3.64. The van der Waals surface area contributed by atoms with Crippen LogP contribution in [-0.4, -0.2) is 20.0 Å². The van der Waals surface area contributed by atoms with Gasteiger partial charge in [0.2, 0.25) is 0 Å². The van der Waals surface area contributed by atoms with E-state index in [4.69, 9.17) is 11.6 Å². The van der Waals surface area contributed by atoms with Crippen LogP contribution in [0.15, 0.2) is 24.7 Å². The Morgan fingerprint density at radius 1 is 1.35 bits per heavy atom. The summed E-state index contributed by atoms with van der Waals surface area (Å²) in [5.74, 6) is 0.922. The third-order valence-corrected chi connectivity index (χ3v) is 3.50. The Kier molecular flexibility index (Phi) is 4.18. The van der Waals surface area contributed by atoms with Gasteiger partial charge in [0.15, 0.2) is 0 Å². The van der Waals surface area contributed by atoms with Gasteiger partial charge in [0.05, 0.1) is 11.1 Å². The van der Waals surface area contributed by atoms with Crippen molar-refractivity contribution in [2.75, 3.05) is 0 Å². The number of carbonyl (C=O) groups excluding carboxylic acids is 1. The molecule has 2 rings (SSSR count). The van der Waals surface area contributed by atoms with Gasteiger partial charge >= 0.3 is 0 Å². The van der Waals surface area contributed by atoms with Crippen molar-refractivity contribution >= 4 is 17.5 Å². The van der Waals surface area contributed by atoms with Crippen molar-refractivity contribution in [3.8, 4) is 0 Å². The largest absolute Gasteiger partial charge is 0.345 e. The zero-order valence-corrected chi connectivity index (χ0v) is 12.8. The average Bonchev–Trinajstić information content (AvgIpc) is 2.91. The van der Waals surface area contributed by atoms with E-state index in [0.717, 1.165) is 5.82 Å². The number of rotatable bonds is 4. The van der Waals surface area contributed by atoms with Crippen molar-refractivity contribution in [3.63, 3.8) is 0 Å². The highest BCUT2D eigenvalue weighted by Gasteiger charge is 2.23. The Morgan fingerprint density at radius 3 is 2.50 bits per heavy atom. The van der Waals surface area contributed by atoms with Crippen LogP contribution in [-0.2, 0) is 14.1 Å². The number of amides is 1. The summed E-state index contributed by atoms with van der Waals surface area (Å²) in [6.45, 7) is 4.11. The summed E-state index contributed by atoms with van der Waals surface area (Å²) in [6, 6.07) is 1.52. The summed E-state index contributed by atoms with van der Waals surface area (Å²) in [6.07, 6.45) is 5.31. The van der Waals surface area contributed by atoms with E-state index in [1.807, 2.05) is 17.8 Å². The van der Waals surface area contributed by atoms with Gasteiger partial charge in [0.25, 0.3) is 5.91 Å². The molecule has 2 aromatic heterocycles. The smallest absolute Gasteiger partial charge is 0.268 e. The van der Waals surface area contributed by atoms with Crippen molar-refractivity contribution < 1.29 is 4.79 Å². The van der Waals surface area contributed by atoms with Crippen LogP contribution in [0.25, 0.3) is 0 Å². The minimum atomic E-state index is -0.152. The van der Waals surface area contributed by atoms with Crippen LogP contribution < -0.4 is 5.32 Å². The molecule has 5 nitrogen and oxygen atoms in total. The number of aryl methyl sites for hydroxylation is 2. The maximum absolute atomic E-state index is 12.4. The normalized spacial score (nSPS) is 12.7. The minimum Gasteiger partial charge on any atom is -0.345 e. The molecule has 1 atom stereocenters. The van der Waals surface area contributed by atoms with Gasteiger partial charge in [0.1, 0.15) is 11.5 Å². The second-order valence-corrected chi connectivity index (χ2v) is 5.68. The molecule has 1 N–H and O–H groups in total. The molecular weight excluding hydrogens is 276 g/mol. The molecule has 2 aromatic rings. The summed E-state index contributed by atoms with van der Waals surface area (Å²) in [4.78, 5) is 16.7. The highest BCUT2D eigenvalue weighted by molar-refractivity contribution is 6.31. The van der Waals surface area contributed by atoms with E-state index in [9.17, 15) is 4.79 Å². The molecule has 108 valence electrons. The first-order valence-corrected chi connectivity index (χ1v) is 6.88. The molecule has 0 fully saturated rings. The molecule has 0 aliphatic heterocycles. The van der Waals surface area contributed by atoms with E-state index in [0.29, 0.717) is 10.7 Å². The molecular formula is C14H19ClN4O. The molecule has 6 heteroatoms. The quantitative estimate of drug-likeness (QED) is 0.942. The maximum atomic E-state index is 12.4.